The second kappa shape index (κ2) is 7.64. The maximum absolute atomic E-state index is 12.3. The highest BCUT2D eigenvalue weighted by atomic mass is 19.4. The van der Waals surface area contributed by atoms with Gasteiger partial charge in [-0.2, -0.15) is 13.2 Å². The summed E-state index contributed by atoms with van der Waals surface area (Å²) in [4.78, 5) is 2.45. The van der Waals surface area contributed by atoms with Crippen LogP contribution in [0.4, 0.5) is 13.2 Å². The molecule has 1 rings (SSSR count). The van der Waals surface area contributed by atoms with Crippen molar-refractivity contribution in [1.82, 2.24) is 10.2 Å². The Balaban J connectivity index is 2.71. The van der Waals surface area contributed by atoms with Crippen LogP contribution in [0.25, 0.3) is 0 Å². The summed E-state index contributed by atoms with van der Waals surface area (Å²) in [7, 11) is 1.89. The SMILES string of the molecule is CCN(CC)C1(C(CCCC(F)(F)F)NC)CCCC1. The third-order valence-corrected chi connectivity index (χ3v) is 4.81. The summed E-state index contributed by atoms with van der Waals surface area (Å²) in [6, 6.07) is 0.159. The van der Waals surface area contributed by atoms with Crippen LogP contribution in [0.2, 0.25) is 0 Å². The smallest absolute Gasteiger partial charge is 0.315 e. The largest absolute Gasteiger partial charge is 0.389 e. The van der Waals surface area contributed by atoms with Crippen LogP contribution in [0.1, 0.15) is 58.8 Å². The molecule has 1 aliphatic rings. The molecule has 0 spiro atoms. The number of nitrogens with zero attached hydrogens (tertiary/aromatic N) is 1. The van der Waals surface area contributed by atoms with Gasteiger partial charge in [-0.05, 0) is 45.8 Å². The van der Waals surface area contributed by atoms with E-state index < -0.39 is 12.6 Å². The first-order valence-electron chi connectivity index (χ1n) is 7.88. The molecule has 0 amide bonds. The number of rotatable bonds is 8. The molecule has 0 aromatic rings. The van der Waals surface area contributed by atoms with E-state index in [4.69, 9.17) is 0 Å². The lowest BCUT2D eigenvalue weighted by Gasteiger charge is -2.46. The standard InChI is InChI=1S/C15H29F3N2/c1-4-20(5-2)14(10-6-7-11-14)13(19-3)9-8-12-15(16,17)18/h13,19H,4-12H2,1-3H3. The van der Waals surface area contributed by atoms with Gasteiger partial charge < -0.3 is 5.32 Å². The van der Waals surface area contributed by atoms with E-state index in [1.165, 1.54) is 12.8 Å². The van der Waals surface area contributed by atoms with E-state index in [9.17, 15) is 13.2 Å². The lowest BCUT2D eigenvalue weighted by molar-refractivity contribution is -0.136. The minimum atomic E-state index is -4.03. The van der Waals surface area contributed by atoms with E-state index in [1.807, 2.05) is 7.05 Å². The van der Waals surface area contributed by atoms with Crippen molar-refractivity contribution in [2.24, 2.45) is 0 Å². The third-order valence-electron chi connectivity index (χ3n) is 4.81. The monoisotopic (exact) mass is 294 g/mol. The summed E-state index contributed by atoms with van der Waals surface area (Å²) in [5, 5.41) is 3.31. The fourth-order valence-electron chi connectivity index (χ4n) is 3.91. The van der Waals surface area contributed by atoms with Crippen LogP contribution in [0, 0.1) is 0 Å². The van der Waals surface area contributed by atoms with Crippen LogP contribution in [-0.2, 0) is 0 Å². The first-order chi connectivity index (χ1) is 9.39. The average molecular weight is 294 g/mol. The van der Waals surface area contributed by atoms with Crippen LogP contribution < -0.4 is 5.32 Å². The summed E-state index contributed by atoms with van der Waals surface area (Å²) in [5.74, 6) is 0. The first-order valence-corrected chi connectivity index (χ1v) is 7.88. The van der Waals surface area contributed by atoms with Gasteiger partial charge in [-0.1, -0.05) is 26.7 Å². The quantitative estimate of drug-likeness (QED) is 0.729. The lowest BCUT2D eigenvalue weighted by Crippen LogP contribution is -2.59. The van der Waals surface area contributed by atoms with Crippen LogP contribution in [0.5, 0.6) is 0 Å². The van der Waals surface area contributed by atoms with Crippen LogP contribution in [0.15, 0.2) is 0 Å². The molecule has 1 saturated carbocycles. The molecular formula is C15H29F3N2. The molecule has 120 valence electrons. The van der Waals surface area contributed by atoms with Crippen molar-refractivity contribution >= 4 is 0 Å². The summed E-state index contributed by atoms with van der Waals surface area (Å²) < 4.78 is 37.0. The van der Waals surface area contributed by atoms with Crippen molar-refractivity contribution in [2.75, 3.05) is 20.1 Å². The molecule has 0 aromatic heterocycles. The molecule has 0 radical (unpaired) electrons. The Morgan fingerprint density at radius 1 is 1.15 bits per heavy atom. The number of alkyl halides is 3. The fraction of sp³-hybridized carbons (Fsp3) is 1.00. The molecule has 1 aliphatic carbocycles. The topological polar surface area (TPSA) is 15.3 Å². The highest BCUT2D eigenvalue weighted by molar-refractivity contribution is 5.02. The zero-order chi connectivity index (χ0) is 15.2. The van der Waals surface area contributed by atoms with Gasteiger partial charge >= 0.3 is 6.18 Å². The van der Waals surface area contributed by atoms with Crippen molar-refractivity contribution in [3.63, 3.8) is 0 Å². The number of hydrogen-bond acceptors (Lipinski definition) is 2. The van der Waals surface area contributed by atoms with E-state index >= 15 is 0 Å². The summed E-state index contributed by atoms with van der Waals surface area (Å²) in [6.07, 6.45) is 0.709. The predicted octanol–water partition coefficient (Wildman–Crippen LogP) is 3.96. The van der Waals surface area contributed by atoms with E-state index in [0.717, 1.165) is 25.9 Å². The molecule has 0 bridgehead atoms. The van der Waals surface area contributed by atoms with Gasteiger partial charge in [0.15, 0.2) is 0 Å². The Kier molecular flexibility index (Phi) is 6.79. The number of halogens is 3. The molecule has 5 heteroatoms. The van der Waals surface area contributed by atoms with Crippen LogP contribution in [-0.4, -0.2) is 42.8 Å². The zero-order valence-corrected chi connectivity index (χ0v) is 13.0. The van der Waals surface area contributed by atoms with E-state index in [0.29, 0.717) is 6.42 Å². The maximum Gasteiger partial charge on any atom is 0.389 e. The van der Waals surface area contributed by atoms with Crippen molar-refractivity contribution in [3.8, 4) is 0 Å². The molecule has 1 unspecified atom stereocenters. The van der Waals surface area contributed by atoms with E-state index in [-0.39, 0.29) is 18.0 Å². The van der Waals surface area contributed by atoms with Crippen LogP contribution in [0.3, 0.4) is 0 Å². The molecule has 1 N–H and O–H groups in total. The van der Waals surface area contributed by atoms with Gasteiger partial charge in [0.2, 0.25) is 0 Å². The van der Waals surface area contributed by atoms with Crippen molar-refractivity contribution < 1.29 is 13.2 Å². The van der Waals surface area contributed by atoms with E-state index in [2.05, 4.69) is 24.1 Å². The molecule has 0 heterocycles. The normalized spacial score (nSPS) is 20.6. The average Bonchev–Trinajstić information content (AvgIpc) is 2.85. The second-order valence-electron chi connectivity index (χ2n) is 5.83. The molecule has 2 nitrogen and oxygen atoms in total. The molecule has 1 atom stereocenters. The molecular weight excluding hydrogens is 265 g/mol. The third kappa shape index (κ3) is 4.35. The summed E-state index contributed by atoms with van der Waals surface area (Å²) >= 11 is 0. The lowest BCUT2D eigenvalue weighted by atomic mass is 9.83. The number of hydrogen-bond donors (Lipinski definition) is 1. The van der Waals surface area contributed by atoms with Gasteiger partial charge in [0.05, 0.1) is 0 Å². The van der Waals surface area contributed by atoms with Gasteiger partial charge in [-0.25, -0.2) is 0 Å². The molecule has 0 saturated heterocycles. The minimum Gasteiger partial charge on any atom is -0.315 e. The first kappa shape index (κ1) is 17.8. The Morgan fingerprint density at radius 3 is 2.10 bits per heavy atom. The minimum absolute atomic E-state index is 0.0594. The van der Waals surface area contributed by atoms with Crippen molar-refractivity contribution in [2.45, 2.75) is 76.6 Å². The number of likely N-dealkylation sites (N-methyl/N-ethyl adjacent to an activating group) is 2. The Bertz CT molecular complexity index is 269. The van der Waals surface area contributed by atoms with Gasteiger partial charge in [0.1, 0.15) is 0 Å². The van der Waals surface area contributed by atoms with Gasteiger partial charge in [0, 0.05) is 18.0 Å². The van der Waals surface area contributed by atoms with Gasteiger partial charge in [0.25, 0.3) is 0 Å². The Hall–Kier alpha value is -0.290. The fourth-order valence-corrected chi connectivity index (χ4v) is 3.91. The van der Waals surface area contributed by atoms with Crippen molar-refractivity contribution in [1.29, 1.82) is 0 Å². The second-order valence-corrected chi connectivity index (χ2v) is 5.83. The molecule has 1 fully saturated rings. The maximum atomic E-state index is 12.3. The van der Waals surface area contributed by atoms with Crippen LogP contribution >= 0.6 is 0 Å². The Morgan fingerprint density at radius 2 is 1.70 bits per heavy atom. The zero-order valence-electron chi connectivity index (χ0n) is 13.0. The summed E-state index contributed by atoms with van der Waals surface area (Å²) in [6.45, 7) is 6.22. The van der Waals surface area contributed by atoms with Gasteiger partial charge in [-0.15, -0.1) is 0 Å². The molecule has 20 heavy (non-hydrogen) atoms. The van der Waals surface area contributed by atoms with E-state index in [1.54, 1.807) is 0 Å². The van der Waals surface area contributed by atoms with Gasteiger partial charge in [-0.3, -0.25) is 4.90 Å². The highest BCUT2D eigenvalue weighted by Gasteiger charge is 2.44. The summed E-state index contributed by atoms with van der Waals surface area (Å²) in [5.41, 5.74) is 0.0594. The van der Waals surface area contributed by atoms with Crippen molar-refractivity contribution in [3.05, 3.63) is 0 Å². The highest BCUT2D eigenvalue weighted by Crippen LogP contribution is 2.40. The number of nitrogens with one attached hydrogen (secondary N) is 1. The Labute approximate surface area is 121 Å². The molecule has 0 aliphatic heterocycles. The predicted molar refractivity (Wildman–Crippen MR) is 76.9 cm³/mol. The molecule has 0 aromatic carbocycles.